The second-order valence-corrected chi connectivity index (χ2v) is 10.6. The molecule has 1 aromatic heterocycles. The molecule has 0 saturated heterocycles. The molecule has 0 radical (unpaired) electrons. The van der Waals surface area contributed by atoms with E-state index in [2.05, 4.69) is 18.1 Å². The maximum atomic E-state index is 13.4. The highest BCUT2D eigenvalue weighted by atomic mass is 32.2. The average molecular weight is 485 g/mol. The number of nitrogens with zero attached hydrogens (tertiary/aromatic N) is 4. The fraction of sp³-hybridized carbons (Fsp3) is 0.250. The van der Waals surface area contributed by atoms with Crippen molar-refractivity contribution < 1.29 is 13.2 Å². The van der Waals surface area contributed by atoms with Gasteiger partial charge in [0.2, 0.25) is 10.0 Å². The first-order valence-corrected chi connectivity index (χ1v) is 12.7. The van der Waals surface area contributed by atoms with Crippen LogP contribution in [0.3, 0.4) is 0 Å². The highest BCUT2D eigenvalue weighted by Gasteiger charge is 2.25. The van der Waals surface area contributed by atoms with Gasteiger partial charge in [-0.2, -0.15) is 4.31 Å². The Labute approximate surface area is 199 Å². The summed E-state index contributed by atoms with van der Waals surface area (Å²) in [5, 5.41) is 0.614. The van der Waals surface area contributed by atoms with Crippen molar-refractivity contribution in [3.8, 4) is 0 Å². The normalized spacial score (nSPS) is 11.8. The van der Waals surface area contributed by atoms with Crippen molar-refractivity contribution in [2.24, 2.45) is 0 Å². The molecule has 174 valence electrons. The molecular weight excluding hydrogens is 456 g/mol. The Kier molecular flexibility index (Phi) is 8.15. The molecular formula is C24H28N4O3S2. The molecule has 0 fully saturated rings. The molecule has 0 aliphatic rings. The third-order valence-electron chi connectivity index (χ3n) is 4.93. The number of carbonyl (C=O) groups is 1. The van der Waals surface area contributed by atoms with Crippen molar-refractivity contribution in [2.75, 3.05) is 45.2 Å². The zero-order valence-corrected chi connectivity index (χ0v) is 20.5. The fourth-order valence-electron chi connectivity index (χ4n) is 3.19. The van der Waals surface area contributed by atoms with Crippen LogP contribution in [0.1, 0.15) is 10.4 Å². The topological polar surface area (TPSA) is 73.8 Å². The predicted molar refractivity (Wildman–Crippen MR) is 135 cm³/mol. The van der Waals surface area contributed by atoms with Gasteiger partial charge >= 0.3 is 0 Å². The summed E-state index contributed by atoms with van der Waals surface area (Å²) in [6, 6.07) is 13.8. The van der Waals surface area contributed by atoms with Crippen molar-refractivity contribution in [1.29, 1.82) is 0 Å². The summed E-state index contributed by atoms with van der Waals surface area (Å²) in [5.74, 6) is -0.228. The first-order chi connectivity index (χ1) is 15.8. The van der Waals surface area contributed by atoms with Gasteiger partial charge in [0.05, 0.1) is 15.1 Å². The lowest BCUT2D eigenvalue weighted by atomic mass is 10.2. The van der Waals surface area contributed by atoms with Gasteiger partial charge in [0.1, 0.15) is 0 Å². The third-order valence-corrected chi connectivity index (χ3v) is 7.84. The molecule has 0 bridgehead atoms. The van der Waals surface area contributed by atoms with Gasteiger partial charge in [-0.15, -0.1) is 13.2 Å². The minimum Gasteiger partial charge on any atom is -0.308 e. The van der Waals surface area contributed by atoms with E-state index in [1.54, 1.807) is 17.0 Å². The first kappa shape index (κ1) is 24.8. The fourth-order valence-corrected chi connectivity index (χ4v) is 5.56. The average Bonchev–Trinajstić information content (AvgIpc) is 3.22. The Morgan fingerprint density at radius 3 is 2.21 bits per heavy atom. The van der Waals surface area contributed by atoms with Crippen LogP contribution in [0.25, 0.3) is 10.2 Å². The minimum atomic E-state index is -3.73. The summed E-state index contributed by atoms with van der Waals surface area (Å²) in [4.78, 5) is 21.8. The summed E-state index contributed by atoms with van der Waals surface area (Å²) >= 11 is 1.46. The number of hydrogen-bond acceptors (Lipinski definition) is 6. The smallest absolute Gasteiger partial charge is 0.260 e. The zero-order valence-electron chi connectivity index (χ0n) is 18.8. The van der Waals surface area contributed by atoms with Crippen LogP contribution in [0.15, 0.2) is 78.7 Å². The maximum Gasteiger partial charge on any atom is 0.260 e. The van der Waals surface area contributed by atoms with Crippen LogP contribution < -0.4 is 4.90 Å². The Balaban J connectivity index is 1.91. The molecule has 0 saturated carbocycles. The molecule has 9 heteroatoms. The Bertz CT molecular complexity index is 1190. The number of hydrogen-bond donors (Lipinski definition) is 0. The predicted octanol–water partition coefficient (Wildman–Crippen LogP) is 3.87. The summed E-state index contributed by atoms with van der Waals surface area (Å²) in [5.41, 5.74) is 1.23. The van der Waals surface area contributed by atoms with E-state index in [0.29, 0.717) is 23.8 Å². The van der Waals surface area contributed by atoms with E-state index in [0.717, 1.165) is 10.2 Å². The van der Waals surface area contributed by atoms with Gasteiger partial charge in [-0.3, -0.25) is 9.69 Å². The number of benzene rings is 2. The van der Waals surface area contributed by atoms with Crippen molar-refractivity contribution >= 4 is 42.6 Å². The van der Waals surface area contributed by atoms with Gasteiger partial charge in [0.15, 0.2) is 5.13 Å². The summed E-state index contributed by atoms with van der Waals surface area (Å²) in [7, 11) is 0.157. The van der Waals surface area contributed by atoms with Crippen molar-refractivity contribution in [1.82, 2.24) is 14.2 Å². The molecule has 0 aliphatic heterocycles. The molecule has 2 aromatic carbocycles. The molecule has 3 rings (SSSR count). The van der Waals surface area contributed by atoms with Crippen LogP contribution in [0.5, 0.6) is 0 Å². The highest BCUT2D eigenvalue weighted by molar-refractivity contribution is 7.89. The van der Waals surface area contributed by atoms with E-state index in [1.165, 1.54) is 39.9 Å². The SMILES string of the molecule is C=CCN(CC=C)S(=O)(=O)c1ccc(C(=O)N(CCN(C)C)c2nc3ccccc3s2)cc1. The number of para-hydroxylation sites is 1. The molecule has 7 nitrogen and oxygen atoms in total. The number of carbonyl (C=O) groups excluding carboxylic acids is 1. The largest absolute Gasteiger partial charge is 0.308 e. The Morgan fingerprint density at radius 1 is 1.00 bits per heavy atom. The number of fused-ring (bicyclic) bond motifs is 1. The van der Waals surface area contributed by atoms with Crippen LogP contribution in [0.4, 0.5) is 5.13 Å². The van der Waals surface area contributed by atoms with Gasteiger partial charge in [-0.1, -0.05) is 35.6 Å². The van der Waals surface area contributed by atoms with E-state index in [1.807, 2.05) is 43.3 Å². The summed E-state index contributed by atoms with van der Waals surface area (Å²) in [6.07, 6.45) is 3.05. The van der Waals surface area contributed by atoms with Crippen LogP contribution in [0.2, 0.25) is 0 Å². The number of amides is 1. The van der Waals surface area contributed by atoms with Gasteiger partial charge in [0, 0.05) is 31.7 Å². The number of thiazole rings is 1. The standard InChI is InChI=1S/C24H28N4O3S2/c1-5-15-27(16-6-2)33(30,31)20-13-11-19(12-14-20)23(29)28(18-17-26(3)4)24-25-21-9-7-8-10-22(21)32-24/h5-14H,1-2,15-18H2,3-4H3. The van der Waals surface area contributed by atoms with E-state index < -0.39 is 10.0 Å². The highest BCUT2D eigenvalue weighted by Crippen LogP contribution is 2.29. The lowest BCUT2D eigenvalue weighted by molar-refractivity contribution is 0.0985. The number of aromatic nitrogens is 1. The van der Waals surface area contributed by atoms with E-state index in [9.17, 15) is 13.2 Å². The molecule has 1 heterocycles. The van der Waals surface area contributed by atoms with E-state index in [4.69, 9.17) is 0 Å². The van der Waals surface area contributed by atoms with Crippen LogP contribution in [-0.2, 0) is 10.0 Å². The van der Waals surface area contributed by atoms with Crippen molar-refractivity contribution in [2.45, 2.75) is 4.90 Å². The van der Waals surface area contributed by atoms with E-state index >= 15 is 0 Å². The number of anilines is 1. The number of likely N-dealkylation sites (N-methyl/N-ethyl adjacent to an activating group) is 1. The second-order valence-electron chi connectivity index (χ2n) is 7.65. The lowest BCUT2D eigenvalue weighted by Crippen LogP contribution is -2.36. The third kappa shape index (κ3) is 5.75. The molecule has 1 amide bonds. The van der Waals surface area contributed by atoms with Gasteiger partial charge in [0.25, 0.3) is 5.91 Å². The Morgan fingerprint density at radius 2 is 1.64 bits per heavy atom. The molecule has 33 heavy (non-hydrogen) atoms. The van der Waals surface area contributed by atoms with Crippen LogP contribution in [0, 0.1) is 0 Å². The zero-order chi connectivity index (χ0) is 24.0. The lowest BCUT2D eigenvalue weighted by Gasteiger charge is -2.22. The quantitative estimate of drug-likeness (QED) is 0.386. The monoisotopic (exact) mass is 484 g/mol. The summed E-state index contributed by atoms with van der Waals surface area (Å²) in [6.45, 7) is 8.70. The molecule has 0 spiro atoms. The van der Waals surface area contributed by atoms with Crippen molar-refractivity contribution in [3.63, 3.8) is 0 Å². The first-order valence-electron chi connectivity index (χ1n) is 10.4. The van der Waals surface area contributed by atoms with E-state index in [-0.39, 0.29) is 23.9 Å². The maximum absolute atomic E-state index is 13.4. The van der Waals surface area contributed by atoms with Crippen molar-refractivity contribution in [3.05, 3.63) is 79.4 Å². The minimum absolute atomic E-state index is 0.113. The molecule has 0 aliphatic carbocycles. The number of rotatable bonds is 11. The molecule has 0 N–H and O–H groups in total. The van der Waals surface area contributed by atoms with Gasteiger partial charge in [-0.25, -0.2) is 13.4 Å². The van der Waals surface area contributed by atoms with Crippen LogP contribution >= 0.6 is 11.3 Å². The van der Waals surface area contributed by atoms with Gasteiger partial charge in [-0.05, 0) is 50.5 Å². The molecule has 0 unspecified atom stereocenters. The number of sulfonamides is 1. The molecule has 3 aromatic rings. The van der Waals surface area contributed by atoms with Crippen LogP contribution in [-0.4, -0.2) is 68.8 Å². The molecule has 0 atom stereocenters. The second kappa shape index (κ2) is 10.8. The summed E-state index contributed by atoms with van der Waals surface area (Å²) < 4.78 is 28.2. The Hall–Kier alpha value is -2.85. The van der Waals surface area contributed by atoms with Gasteiger partial charge < -0.3 is 4.90 Å².